The highest BCUT2D eigenvalue weighted by Crippen LogP contribution is 2.33. The first kappa shape index (κ1) is 11.5. The van der Waals surface area contributed by atoms with Crippen molar-refractivity contribution in [1.29, 1.82) is 0 Å². The first-order valence-corrected chi connectivity index (χ1v) is 6.12. The Labute approximate surface area is 101 Å². The van der Waals surface area contributed by atoms with Crippen molar-refractivity contribution in [1.82, 2.24) is 0 Å². The molecular formula is C13H16ClNO. The molecule has 1 aromatic rings. The molecule has 1 saturated carbocycles. The predicted molar refractivity (Wildman–Crippen MR) is 67.5 cm³/mol. The average molecular weight is 238 g/mol. The summed E-state index contributed by atoms with van der Waals surface area (Å²) in [7, 11) is 0. The van der Waals surface area contributed by atoms with E-state index in [0.717, 1.165) is 31.0 Å². The number of halogens is 1. The molecule has 0 atom stereocenters. The second kappa shape index (κ2) is 4.88. The number of nitrogens with zero attached hydrogens (tertiary/aromatic N) is 1. The molecule has 0 aliphatic heterocycles. The lowest BCUT2D eigenvalue weighted by atomic mass is 10.2. The Bertz CT molecular complexity index is 388. The summed E-state index contributed by atoms with van der Waals surface area (Å²) in [6, 6.07) is 5.50. The summed E-state index contributed by atoms with van der Waals surface area (Å²) in [4.78, 5) is 12.9. The highest BCUT2D eigenvalue weighted by molar-refractivity contribution is 6.33. The van der Waals surface area contributed by atoms with Crippen LogP contribution >= 0.6 is 11.6 Å². The van der Waals surface area contributed by atoms with Gasteiger partial charge < -0.3 is 4.90 Å². The molecule has 0 bridgehead atoms. The van der Waals surface area contributed by atoms with Crippen molar-refractivity contribution in [3.05, 3.63) is 28.8 Å². The van der Waals surface area contributed by atoms with Crippen molar-refractivity contribution >= 4 is 23.6 Å². The normalized spacial score (nSPS) is 14.9. The molecule has 1 fully saturated rings. The monoisotopic (exact) mass is 237 g/mol. The van der Waals surface area contributed by atoms with Gasteiger partial charge in [0.25, 0.3) is 0 Å². The van der Waals surface area contributed by atoms with Gasteiger partial charge in [-0.1, -0.05) is 11.6 Å². The third-order valence-corrected chi connectivity index (χ3v) is 3.31. The molecular weight excluding hydrogens is 222 g/mol. The minimum atomic E-state index is 0.635. The van der Waals surface area contributed by atoms with Crippen LogP contribution < -0.4 is 4.90 Å². The van der Waals surface area contributed by atoms with E-state index in [0.29, 0.717) is 10.6 Å². The van der Waals surface area contributed by atoms with Gasteiger partial charge in [-0.15, -0.1) is 0 Å². The number of rotatable bonds is 5. The number of hydrogen-bond donors (Lipinski definition) is 0. The number of anilines is 1. The first-order valence-electron chi connectivity index (χ1n) is 5.74. The summed E-state index contributed by atoms with van der Waals surface area (Å²) >= 11 is 6.18. The molecule has 0 saturated heterocycles. The van der Waals surface area contributed by atoms with E-state index in [1.54, 1.807) is 6.07 Å². The van der Waals surface area contributed by atoms with Gasteiger partial charge in [-0.2, -0.15) is 0 Å². The highest BCUT2D eigenvalue weighted by atomic mass is 35.5. The Morgan fingerprint density at radius 1 is 1.50 bits per heavy atom. The summed E-state index contributed by atoms with van der Waals surface area (Å²) in [6.07, 6.45) is 3.49. The number of carbonyl (C=O) groups is 1. The lowest BCUT2D eigenvalue weighted by molar-refractivity contribution is 0.112. The van der Waals surface area contributed by atoms with Crippen molar-refractivity contribution < 1.29 is 4.79 Å². The Hall–Kier alpha value is -1.02. The van der Waals surface area contributed by atoms with Crippen LogP contribution in [0.3, 0.4) is 0 Å². The first-order chi connectivity index (χ1) is 7.74. The molecule has 1 aliphatic carbocycles. The fourth-order valence-corrected chi connectivity index (χ4v) is 2.17. The molecule has 0 unspecified atom stereocenters. The quantitative estimate of drug-likeness (QED) is 0.732. The Balaban J connectivity index is 2.18. The molecule has 16 heavy (non-hydrogen) atoms. The molecule has 86 valence electrons. The van der Waals surface area contributed by atoms with Gasteiger partial charge in [-0.05, 0) is 43.9 Å². The van der Waals surface area contributed by atoms with Gasteiger partial charge in [-0.25, -0.2) is 0 Å². The Morgan fingerprint density at radius 3 is 2.75 bits per heavy atom. The zero-order valence-corrected chi connectivity index (χ0v) is 10.2. The van der Waals surface area contributed by atoms with E-state index in [1.807, 2.05) is 12.1 Å². The molecule has 2 nitrogen and oxygen atoms in total. The van der Waals surface area contributed by atoms with Gasteiger partial charge in [0.05, 0.1) is 10.7 Å². The minimum Gasteiger partial charge on any atom is -0.370 e. The van der Waals surface area contributed by atoms with Crippen molar-refractivity contribution in [3.8, 4) is 0 Å². The lowest BCUT2D eigenvalue weighted by Gasteiger charge is -2.24. The van der Waals surface area contributed by atoms with Gasteiger partial charge in [-0.3, -0.25) is 4.79 Å². The summed E-state index contributed by atoms with van der Waals surface area (Å²) in [5.41, 5.74) is 1.68. The largest absolute Gasteiger partial charge is 0.370 e. The third kappa shape index (κ3) is 2.56. The van der Waals surface area contributed by atoms with E-state index in [1.165, 1.54) is 12.8 Å². The van der Waals surface area contributed by atoms with Crippen LogP contribution in [0.4, 0.5) is 5.69 Å². The molecule has 2 rings (SSSR count). The van der Waals surface area contributed by atoms with Crippen LogP contribution in [0.2, 0.25) is 5.02 Å². The number of benzene rings is 1. The van der Waals surface area contributed by atoms with Gasteiger partial charge in [0.2, 0.25) is 0 Å². The molecule has 0 aromatic heterocycles. The van der Waals surface area contributed by atoms with E-state index < -0.39 is 0 Å². The van der Waals surface area contributed by atoms with E-state index in [-0.39, 0.29) is 0 Å². The predicted octanol–water partition coefficient (Wildman–Crippen LogP) is 3.39. The van der Waals surface area contributed by atoms with Crippen LogP contribution in [0.1, 0.15) is 30.1 Å². The van der Waals surface area contributed by atoms with Crippen LogP contribution in [0, 0.1) is 5.92 Å². The molecule has 1 aliphatic rings. The smallest absolute Gasteiger partial charge is 0.150 e. The van der Waals surface area contributed by atoms with Crippen LogP contribution in [0.15, 0.2) is 18.2 Å². The van der Waals surface area contributed by atoms with Crippen LogP contribution in [-0.2, 0) is 0 Å². The molecule has 0 amide bonds. The Kier molecular flexibility index (Phi) is 3.49. The maximum Gasteiger partial charge on any atom is 0.150 e. The lowest BCUT2D eigenvalue weighted by Crippen LogP contribution is -2.25. The maximum absolute atomic E-state index is 10.6. The second-order valence-electron chi connectivity index (χ2n) is 4.31. The molecule has 1 aromatic carbocycles. The highest BCUT2D eigenvalue weighted by Gasteiger charge is 2.24. The summed E-state index contributed by atoms with van der Waals surface area (Å²) < 4.78 is 0. The zero-order chi connectivity index (χ0) is 11.5. The van der Waals surface area contributed by atoms with E-state index in [9.17, 15) is 4.79 Å². The topological polar surface area (TPSA) is 20.3 Å². The van der Waals surface area contributed by atoms with Crippen LogP contribution in [-0.4, -0.2) is 19.4 Å². The maximum atomic E-state index is 10.6. The third-order valence-electron chi connectivity index (χ3n) is 3.01. The fraction of sp³-hybridized carbons (Fsp3) is 0.462. The summed E-state index contributed by atoms with van der Waals surface area (Å²) in [6.45, 7) is 4.17. The van der Waals surface area contributed by atoms with Crippen molar-refractivity contribution in [3.63, 3.8) is 0 Å². The van der Waals surface area contributed by atoms with Gasteiger partial charge in [0.1, 0.15) is 6.29 Å². The van der Waals surface area contributed by atoms with E-state index in [4.69, 9.17) is 11.6 Å². The number of aldehydes is 1. The van der Waals surface area contributed by atoms with Crippen LogP contribution in [0.5, 0.6) is 0 Å². The average Bonchev–Trinajstić information content (AvgIpc) is 3.10. The van der Waals surface area contributed by atoms with Gasteiger partial charge in [0, 0.05) is 18.7 Å². The fourth-order valence-electron chi connectivity index (χ4n) is 1.86. The van der Waals surface area contributed by atoms with Gasteiger partial charge in [0.15, 0.2) is 0 Å². The van der Waals surface area contributed by atoms with Crippen molar-refractivity contribution in [2.45, 2.75) is 19.8 Å². The zero-order valence-electron chi connectivity index (χ0n) is 9.45. The molecule has 0 spiro atoms. The Morgan fingerprint density at radius 2 is 2.25 bits per heavy atom. The van der Waals surface area contributed by atoms with E-state index in [2.05, 4.69) is 11.8 Å². The minimum absolute atomic E-state index is 0.635. The van der Waals surface area contributed by atoms with Gasteiger partial charge >= 0.3 is 0 Å². The van der Waals surface area contributed by atoms with Crippen molar-refractivity contribution in [2.24, 2.45) is 5.92 Å². The number of hydrogen-bond acceptors (Lipinski definition) is 2. The standard InChI is InChI=1S/C13H16ClNO/c1-2-15(8-10-3-4-10)13-6-5-11(9-16)7-12(13)14/h5-7,9-10H,2-4,8H2,1H3. The molecule has 0 N–H and O–H groups in total. The molecule has 3 heteroatoms. The number of carbonyl (C=O) groups excluding carboxylic acids is 1. The molecule has 0 radical (unpaired) electrons. The second-order valence-corrected chi connectivity index (χ2v) is 4.72. The summed E-state index contributed by atoms with van der Waals surface area (Å²) in [5.74, 6) is 0.835. The van der Waals surface area contributed by atoms with E-state index >= 15 is 0 Å². The van der Waals surface area contributed by atoms with Crippen molar-refractivity contribution in [2.75, 3.05) is 18.0 Å². The summed E-state index contributed by atoms with van der Waals surface area (Å²) in [5, 5.41) is 0.673. The van der Waals surface area contributed by atoms with Crippen LogP contribution in [0.25, 0.3) is 0 Å². The SMILES string of the molecule is CCN(CC1CC1)c1ccc(C=O)cc1Cl. The molecule has 0 heterocycles.